The molecule has 0 saturated carbocycles. The van der Waals surface area contributed by atoms with Gasteiger partial charge in [-0.05, 0) is 47.5 Å². The van der Waals surface area contributed by atoms with Crippen LogP contribution in [0.15, 0.2) is 144 Å². The molecule has 47 heavy (non-hydrogen) atoms. The van der Waals surface area contributed by atoms with Crippen LogP contribution in [0.4, 0.5) is 0 Å². The monoisotopic (exact) mass is 603 g/mol. The second-order valence-corrected chi connectivity index (χ2v) is 13.0. The first-order valence-corrected chi connectivity index (χ1v) is 16.1. The minimum Gasteiger partial charge on any atom is -0.456 e. The van der Waals surface area contributed by atoms with Gasteiger partial charge in [0, 0.05) is 49.3 Å². The van der Waals surface area contributed by atoms with Gasteiger partial charge < -0.3 is 8.98 Å². The topological polar surface area (TPSA) is 43.9 Å². The summed E-state index contributed by atoms with van der Waals surface area (Å²) in [4.78, 5) is 10.6. The smallest absolute Gasteiger partial charge is 0.160 e. The van der Waals surface area contributed by atoms with Crippen molar-refractivity contribution < 1.29 is 4.42 Å². The van der Waals surface area contributed by atoms with Crippen LogP contribution in [-0.2, 0) is 5.41 Å². The number of furan rings is 1. The van der Waals surface area contributed by atoms with Crippen molar-refractivity contribution in [2.75, 3.05) is 0 Å². The molecule has 4 heteroatoms. The Hall–Kier alpha value is -6.00. The molecule has 4 nitrogen and oxygen atoms in total. The van der Waals surface area contributed by atoms with Gasteiger partial charge in [-0.25, -0.2) is 9.97 Å². The summed E-state index contributed by atoms with van der Waals surface area (Å²) in [5.74, 6) is 0.747. The predicted molar refractivity (Wildman–Crippen MR) is 192 cm³/mol. The highest BCUT2D eigenvalue weighted by molar-refractivity contribution is 6.17. The fourth-order valence-electron chi connectivity index (χ4n) is 7.72. The quantitative estimate of drug-likeness (QED) is 0.202. The summed E-state index contributed by atoms with van der Waals surface area (Å²) in [5, 5.41) is 4.61. The fourth-order valence-corrected chi connectivity index (χ4v) is 7.72. The lowest BCUT2D eigenvalue weighted by molar-refractivity contribution is 0.636. The van der Waals surface area contributed by atoms with E-state index in [0.29, 0.717) is 0 Å². The Morgan fingerprint density at radius 2 is 1.30 bits per heavy atom. The molecule has 0 bridgehead atoms. The molecule has 0 unspecified atom stereocenters. The number of hydrogen-bond acceptors (Lipinski definition) is 3. The molecule has 0 saturated heterocycles. The van der Waals surface area contributed by atoms with E-state index in [1.54, 1.807) is 0 Å². The second kappa shape index (κ2) is 9.51. The highest BCUT2D eigenvalue weighted by Crippen LogP contribution is 2.51. The zero-order valence-corrected chi connectivity index (χ0v) is 26.0. The normalized spacial score (nSPS) is 13.5. The third-order valence-corrected chi connectivity index (χ3v) is 9.95. The van der Waals surface area contributed by atoms with Crippen molar-refractivity contribution in [3.8, 4) is 39.5 Å². The number of fused-ring (bicyclic) bond motifs is 9. The molecule has 0 fully saturated rings. The lowest BCUT2D eigenvalue weighted by Gasteiger charge is -2.21. The number of hydrogen-bond donors (Lipinski definition) is 0. The molecule has 3 aromatic heterocycles. The standard InChI is InChI=1S/C43H29N3O/c1-43(2)34-20-9-6-19-31(34)39-40(44-42(45-41(39)43)26-13-4-3-5-14-26)27-15-12-16-28(23-27)46-35-21-10-7-17-29(35)32-25-38-33(24-36(32)46)30-18-8-11-22-37(30)47-38/h3-25H,1-2H3. The zero-order chi connectivity index (χ0) is 31.3. The first-order chi connectivity index (χ1) is 23.1. The van der Waals surface area contributed by atoms with E-state index in [4.69, 9.17) is 14.4 Å². The highest BCUT2D eigenvalue weighted by atomic mass is 16.3. The van der Waals surface area contributed by atoms with Crippen LogP contribution in [0.2, 0.25) is 0 Å². The van der Waals surface area contributed by atoms with Crippen molar-refractivity contribution in [1.29, 1.82) is 0 Å². The van der Waals surface area contributed by atoms with Crippen molar-refractivity contribution in [2.45, 2.75) is 19.3 Å². The zero-order valence-electron chi connectivity index (χ0n) is 26.0. The van der Waals surface area contributed by atoms with Gasteiger partial charge in [0.25, 0.3) is 0 Å². The summed E-state index contributed by atoms with van der Waals surface area (Å²) >= 11 is 0. The molecule has 0 aliphatic heterocycles. The highest BCUT2D eigenvalue weighted by Gasteiger charge is 2.39. The van der Waals surface area contributed by atoms with E-state index in [1.807, 2.05) is 18.2 Å². The first kappa shape index (κ1) is 26.2. The van der Waals surface area contributed by atoms with Gasteiger partial charge in [-0.1, -0.05) is 117 Å². The van der Waals surface area contributed by atoms with E-state index in [-0.39, 0.29) is 5.41 Å². The van der Waals surface area contributed by atoms with Crippen LogP contribution < -0.4 is 0 Å². The van der Waals surface area contributed by atoms with Crippen LogP contribution in [0.25, 0.3) is 83.2 Å². The molecule has 9 aromatic rings. The van der Waals surface area contributed by atoms with E-state index >= 15 is 0 Å². The van der Waals surface area contributed by atoms with E-state index in [1.165, 1.54) is 21.9 Å². The molecule has 6 aromatic carbocycles. The van der Waals surface area contributed by atoms with Crippen LogP contribution in [0.3, 0.4) is 0 Å². The van der Waals surface area contributed by atoms with Gasteiger partial charge in [0.05, 0.1) is 22.4 Å². The van der Waals surface area contributed by atoms with Crippen molar-refractivity contribution >= 4 is 43.7 Å². The summed E-state index contributed by atoms with van der Waals surface area (Å²) in [6.07, 6.45) is 0. The van der Waals surface area contributed by atoms with Gasteiger partial charge in [-0.3, -0.25) is 0 Å². The number of nitrogens with zero attached hydrogens (tertiary/aromatic N) is 3. The maximum Gasteiger partial charge on any atom is 0.160 e. The van der Waals surface area contributed by atoms with Gasteiger partial charge in [0.15, 0.2) is 5.82 Å². The van der Waals surface area contributed by atoms with Gasteiger partial charge in [0.1, 0.15) is 11.2 Å². The van der Waals surface area contributed by atoms with Crippen molar-refractivity contribution in [3.05, 3.63) is 151 Å². The van der Waals surface area contributed by atoms with Gasteiger partial charge in [0.2, 0.25) is 0 Å². The average Bonchev–Trinajstić information content (AvgIpc) is 3.72. The van der Waals surface area contributed by atoms with Crippen molar-refractivity contribution in [1.82, 2.24) is 14.5 Å². The van der Waals surface area contributed by atoms with Gasteiger partial charge >= 0.3 is 0 Å². The Kier molecular flexibility index (Phi) is 5.31. The maximum absolute atomic E-state index is 6.31. The summed E-state index contributed by atoms with van der Waals surface area (Å²) in [6.45, 7) is 4.55. The van der Waals surface area contributed by atoms with Gasteiger partial charge in [-0.15, -0.1) is 0 Å². The van der Waals surface area contributed by atoms with E-state index in [9.17, 15) is 0 Å². The predicted octanol–water partition coefficient (Wildman–Crippen LogP) is 11.1. The summed E-state index contributed by atoms with van der Waals surface area (Å²) in [6, 6.07) is 49.2. The van der Waals surface area contributed by atoms with Crippen molar-refractivity contribution in [2.24, 2.45) is 0 Å². The van der Waals surface area contributed by atoms with Crippen LogP contribution in [0.5, 0.6) is 0 Å². The Labute approximate surface area is 271 Å². The number of rotatable bonds is 3. The van der Waals surface area contributed by atoms with E-state index in [2.05, 4.69) is 140 Å². The third-order valence-electron chi connectivity index (χ3n) is 9.95. The summed E-state index contributed by atoms with van der Waals surface area (Å²) < 4.78 is 8.70. The molecule has 0 amide bonds. The van der Waals surface area contributed by atoms with Crippen LogP contribution in [0, 0.1) is 0 Å². The molecule has 0 spiro atoms. The fraction of sp³-hybridized carbons (Fsp3) is 0.0698. The Bertz CT molecular complexity index is 2710. The lowest BCUT2D eigenvalue weighted by Crippen LogP contribution is -2.17. The Morgan fingerprint density at radius 1 is 0.553 bits per heavy atom. The molecule has 222 valence electrons. The largest absolute Gasteiger partial charge is 0.456 e. The van der Waals surface area contributed by atoms with Gasteiger partial charge in [-0.2, -0.15) is 0 Å². The van der Waals surface area contributed by atoms with Crippen LogP contribution >= 0.6 is 0 Å². The maximum atomic E-state index is 6.31. The molecule has 0 radical (unpaired) electrons. The first-order valence-electron chi connectivity index (χ1n) is 16.1. The molecule has 0 N–H and O–H groups in total. The molecular weight excluding hydrogens is 574 g/mol. The van der Waals surface area contributed by atoms with E-state index < -0.39 is 0 Å². The Balaban J connectivity index is 1.26. The van der Waals surface area contributed by atoms with Crippen LogP contribution in [-0.4, -0.2) is 14.5 Å². The molecule has 3 heterocycles. The second-order valence-electron chi connectivity index (χ2n) is 13.0. The molecule has 10 rings (SSSR count). The number of aromatic nitrogens is 3. The summed E-state index contributed by atoms with van der Waals surface area (Å²) in [7, 11) is 0. The number of para-hydroxylation sites is 2. The number of benzene rings is 6. The van der Waals surface area contributed by atoms with E-state index in [0.717, 1.165) is 72.6 Å². The molecule has 0 atom stereocenters. The third kappa shape index (κ3) is 3.70. The summed E-state index contributed by atoms with van der Waals surface area (Å²) in [5.41, 5.74) is 12.6. The molecule has 1 aliphatic rings. The molecular formula is C43H29N3O. The van der Waals surface area contributed by atoms with Crippen molar-refractivity contribution in [3.63, 3.8) is 0 Å². The minimum atomic E-state index is -0.254. The SMILES string of the molecule is CC1(C)c2ccccc2-c2c(-c3cccc(-n4c5ccccc5c5cc6oc7ccccc7c6cc54)c3)nc(-c3ccccc3)nc21. The average molecular weight is 604 g/mol. The lowest BCUT2D eigenvalue weighted by atomic mass is 9.85. The Morgan fingerprint density at radius 3 is 2.19 bits per heavy atom. The molecule has 1 aliphatic carbocycles. The minimum absolute atomic E-state index is 0.254. The van der Waals surface area contributed by atoms with Crippen LogP contribution in [0.1, 0.15) is 25.1 Å².